The van der Waals surface area contributed by atoms with Gasteiger partial charge in [0.1, 0.15) is 0 Å². The normalized spacial score (nSPS) is 10.5. The standard InChI is InChI=1S/C12H19NO2/c1-11(15)12-6-8-13(10-12)7-4-2-3-5-9-14/h6,8,10,14H,2-5,7,9H2,1H3. The van der Waals surface area contributed by atoms with Crippen molar-refractivity contribution in [1.82, 2.24) is 4.57 Å². The van der Waals surface area contributed by atoms with Crippen LogP contribution in [0.1, 0.15) is 43.0 Å². The number of ketones is 1. The Bertz CT molecular complexity index is 304. The molecule has 0 aliphatic rings. The van der Waals surface area contributed by atoms with Crippen molar-refractivity contribution in [2.24, 2.45) is 0 Å². The van der Waals surface area contributed by atoms with Crippen molar-refractivity contribution in [3.8, 4) is 0 Å². The van der Waals surface area contributed by atoms with E-state index in [1.807, 2.05) is 18.5 Å². The van der Waals surface area contributed by atoms with E-state index in [0.29, 0.717) is 0 Å². The lowest BCUT2D eigenvalue weighted by Crippen LogP contribution is -1.95. The number of aromatic nitrogens is 1. The van der Waals surface area contributed by atoms with E-state index in [1.54, 1.807) is 6.92 Å². The van der Waals surface area contributed by atoms with Crippen molar-refractivity contribution in [1.29, 1.82) is 0 Å². The Balaban J connectivity index is 2.23. The van der Waals surface area contributed by atoms with E-state index in [-0.39, 0.29) is 12.4 Å². The third-order valence-corrected chi connectivity index (χ3v) is 2.48. The minimum atomic E-state index is 0.119. The maximum atomic E-state index is 11.0. The number of carbonyl (C=O) groups excluding carboxylic acids is 1. The molecular formula is C12H19NO2. The second kappa shape index (κ2) is 6.40. The van der Waals surface area contributed by atoms with E-state index in [4.69, 9.17) is 5.11 Å². The molecule has 0 atom stereocenters. The molecule has 84 valence electrons. The van der Waals surface area contributed by atoms with Crippen molar-refractivity contribution in [3.05, 3.63) is 24.0 Å². The smallest absolute Gasteiger partial charge is 0.161 e. The van der Waals surface area contributed by atoms with Crippen molar-refractivity contribution in [2.75, 3.05) is 6.61 Å². The topological polar surface area (TPSA) is 42.2 Å². The van der Waals surface area contributed by atoms with Crippen LogP contribution < -0.4 is 0 Å². The number of aryl methyl sites for hydroxylation is 1. The monoisotopic (exact) mass is 209 g/mol. The summed E-state index contributed by atoms with van der Waals surface area (Å²) < 4.78 is 2.05. The second-order valence-electron chi connectivity index (χ2n) is 3.83. The fraction of sp³-hybridized carbons (Fsp3) is 0.583. The van der Waals surface area contributed by atoms with Gasteiger partial charge in [-0.3, -0.25) is 4.79 Å². The number of Topliss-reactive ketones (excluding diaryl/α,β-unsaturated/α-hetero) is 1. The summed E-state index contributed by atoms with van der Waals surface area (Å²) in [7, 11) is 0. The average molecular weight is 209 g/mol. The maximum absolute atomic E-state index is 11.0. The highest BCUT2D eigenvalue weighted by molar-refractivity contribution is 5.93. The molecule has 3 nitrogen and oxygen atoms in total. The molecular weight excluding hydrogens is 190 g/mol. The lowest BCUT2D eigenvalue weighted by atomic mass is 10.2. The first-order valence-electron chi connectivity index (χ1n) is 5.51. The summed E-state index contributed by atoms with van der Waals surface area (Å²) in [6.07, 6.45) is 8.05. The van der Waals surface area contributed by atoms with Gasteiger partial charge in [0.15, 0.2) is 5.78 Å². The van der Waals surface area contributed by atoms with Crippen LogP contribution in [0.15, 0.2) is 18.5 Å². The molecule has 1 rings (SSSR count). The number of hydrogen-bond acceptors (Lipinski definition) is 2. The molecule has 1 aromatic heterocycles. The van der Waals surface area contributed by atoms with Crippen LogP contribution >= 0.6 is 0 Å². The SMILES string of the molecule is CC(=O)c1ccn(CCCCCCO)c1. The molecule has 0 unspecified atom stereocenters. The van der Waals surface area contributed by atoms with Crippen LogP contribution in [0.5, 0.6) is 0 Å². The van der Waals surface area contributed by atoms with Gasteiger partial charge in [-0.1, -0.05) is 12.8 Å². The Morgan fingerprint density at radius 2 is 2.07 bits per heavy atom. The van der Waals surface area contributed by atoms with Crippen LogP contribution in [0, 0.1) is 0 Å². The van der Waals surface area contributed by atoms with Gasteiger partial charge < -0.3 is 9.67 Å². The zero-order valence-corrected chi connectivity index (χ0v) is 9.28. The summed E-state index contributed by atoms with van der Waals surface area (Å²) in [5.74, 6) is 0.119. The second-order valence-corrected chi connectivity index (χ2v) is 3.83. The molecule has 0 radical (unpaired) electrons. The van der Waals surface area contributed by atoms with Crippen molar-refractivity contribution < 1.29 is 9.90 Å². The first kappa shape index (κ1) is 12.0. The van der Waals surface area contributed by atoms with Crippen molar-refractivity contribution >= 4 is 5.78 Å². The fourth-order valence-electron chi connectivity index (χ4n) is 1.55. The Hall–Kier alpha value is -1.09. The highest BCUT2D eigenvalue weighted by atomic mass is 16.2. The van der Waals surface area contributed by atoms with Crippen LogP contribution in [0.2, 0.25) is 0 Å². The molecule has 0 fully saturated rings. The third kappa shape index (κ3) is 4.30. The Kier molecular flexibility index (Phi) is 5.12. The summed E-state index contributed by atoms with van der Waals surface area (Å²) in [6, 6.07) is 1.86. The summed E-state index contributed by atoms with van der Waals surface area (Å²) >= 11 is 0. The van der Waals surface area contributed by atoms with Crippen molar-refractivity contribution in [2.45, 2.75) is 39.2 Å². The number of unbranched alkanes of at least 4 members (excludes halogenated alkanes) is 3. The largest absolute Gasteiger partial charge is 0.396 e. The molecule has 0 aliphatic heterocycles. The molecule has 1 aromatic rings. The van der Waals surface area contributed by atoms with E-state index in [9.17, 15) is 4.79 Å². The lowest BCUT2D eigenvalue weighted by molar-refractivity contribution is 0.101. The van der Waals surface area contributed by atoms with Crippen LogP contribution in [0.25, 0.3) is 0 Å². The fourth-order valence-corrected chi connectivity index (χ4v) is 1.55. The maximum Gasteiger partial charge on any atom is 0.161 e. The van der Waals surface area contributed by atoms with E-state index in [1.165, 1.54) is 0 Å². The highest BCUT2D eigenvalue weighted by Crippen LogP contribution is 2.06. The van der Waals surface area contributed by atoms with Gasteiger partial charge in [-0.25, -0.2) is 0 Å². The molecule has 3 heteroatoms. The van der Waals surface area contributed by atoms with Crippen LogP contribution in [-0.4, -0.2) is 22.1 Å². The molecule has 15 heavy (non-hydrogen) atoms. The summed E-state index contributed by atoms with van der Waals surface area (Å²) in [5.41, 5.74) is 0.783. The summed E-state index contributed by atoms with van der Waals surface area (Å²) in [6.45, 7) is 2.83. The van der Waals surface area contributed by atoms with Crippen LogP contribution in [0.3, 0.4) is 0 Å². The van der Waals surface area contributed by atoms with Gasteiger partial charge in [0.2, 0.25) is 0 Å². The molecule has 0 saturated carbocycles. The zero-order chi connectivity index (χ0) is 11.1. The van der Waals surface area contributed by atoms with Gasteiger partial charge in [0.25, 0.3) is 0 Å². The van der Waals surface area contributed by atoms with E-state index in [2.05, 4.69) is 4.57 Å². The first-order chi connectivity index (χ1) is 7.24. The van der Waals surface area contributed by atoms with E-state index >= 15 is 0 Å². The summed E-state index contributed by atoms with van der Waals surface area (Å²) in [4.78, 5) is 11.0. The first-order valence-corrected chi connectivity index (χ1v) is 5.51. The number of hydrogen-bond donors (Lipinski definition) is 1. The number of aliphatic hydroxyl groups is 1. The quantitative estimate of drug-likeness (QED) is 0.553. The van der Waals surface area contributed by atoms with Gasteiger partial charge >= 0.3 is 0 Å². The molecule has 0 aromatic carbocycles. The molecule has 0 saturated heterocycles. The molecule has 0 aliphatic carbocycles. The Morgan fingerprint density at radius 3 is 2.67 bits per heavy atom. The Morgan fingerprint density at radius 1 is 1.33 bits per heavy atom. The predicted octanol–water partition coefficient (Wildman–Crippen LogP) is 2.24. The predicted molar refractivity (Wildman–Crippen MR) is 60.0 cm³/mol. The minimum absolute atomic E-state index is 0.119. The van der Waals surface area contributed by atoms with Crippen LogP contribution in [0.4, 0.5) is 0 Å². The Labute approximate surface area is 90.7 Å². The number of rotatable bonds is 7. The zero-order valence-electron chi connectivity index (χ0n) is 9.28. The summed E-state index contributed by atoms with van der Waals surface area (Å²) in [5, 5.41) is 8.60. The molecule has 1 heterocycles. The van der Waals surface area contributed by atoms with Crippen molar-refractivity contribution in [3.63, 3.8) is 0 Å². The van der Waals surface area contributed by atoms with Gasteiger partial charge in [-0.05, 0) is 25.8 Å². The molecule has 0 amide bonds. The van der Waals surface area contributed by atoms with Gasteiger partial charge in [0.05, 0.1) is 0 Å². The highest BCUT2D eigenvalue weighted by Gasteiger charge is 2.00. The molecule has 0 spiro atoms. The number of aliphatic hydroxyl groups excluding tert-OH is 1. The average Bonchev–Trinajstić information content (AvgIpc) is 2.66. The van der Waals surface area contributed by atoms with Gasteiger partial charge in [-0.15, -0.1) is 0 Å². The van der Waals surface area contributed by atoms with Gasteiger partial charge in [-0.2, -0.15) is 0 Å². The molecule has 1 N–H and O–H groups in total. The number of nitrogens with zero attached hydrogens (tertiary/aromatic N) is 1. The minimum Gasteiger partial charge on any atom is -0.396 e. The molecule has 0 bridgehead atoms. The lowest BCUT2D eigenvalue weighted by Gasteiger charge is -2.01. The van der Waals surface area contributed by atoms with E-state index in [0.717, 1.165) is 37.8 Å². The van der Waals surface area contributed by atoms with E-state index < -0.39 is 0 Å². The third-order valence-electron chi connectivity index (χ3n) is 2.48. The van der Waals surface area contributed by atoms with Gasteiger partial charge in [0, 0.05) is 31.1 Å². The number of carbonyl (C=O) groups is 1. The van der Waals surface area contributed by atoms with Crippen LogP contribution in [-0.2, 0) is 6.54 Å².